The molecule has 2 aromatic rings. The maximum atomic E-state index is 5.60. The molecule has 0 aromatic heterocycles. The standard InChI is InChI=1S/C18H21NO/c1-3-13-6-4-5-7-16(13)18(19-2)15-8-9-17-14(12-15)10-11-20-17/h4-9,12,18-19H,3,10-11H2,1-2H3. The Balaban J connectivity index is 2.01. The van der Waals surface area contributed by atoms with Gasteiger partial charge in [-0.15, -0.1) is 0 Å². The number of rotatable bonds is 4. The molecule has 0 bridgehead atoms. The quantitative estimate of drug-likeness (QED) is 0.915. The zero-order valence-electron chi connectivity index (χ0n) is 12.1. The van der Waals surface area contributed by atoms with E-state index in [1.807, 2.05) is 7.05 Å². The number of nitrogens with one attached hydrogen (secondary N) is 1. The van der Waals surface area contributed by atoms with Gasteiger partial charge >= 0.3 is 0 Å². The van der Waals surface area contributed by atoms with Crippen molar-refractivity contribution in [2.24, 2.45) is 0 Å². The lowest BCUT2D eigenvalue weighted by Crippen LogP contribution is -2.19. The Kier molecular flexibility index (Phi) is 3.75. The molecular weight excluding hydrogens is 246 g/mol. The molecular formula is C18H21NO. The minimum atomic E-state index is 0.247. The van der Waals surface area contributed by atoms with Crippen molar-refractivity contribution in [1.29, 1.82) is 0 Å². The van der Waals surface area contributed by atoms with Crippen LogP contribution in [0.5, 0.6) is 5.75 Å². The van der Waals surface area contributed by atoms with Gasteiger partial charge in [0.1, 0.15) is 5.75 Å². The number of hydrogen-bond donors (Lipinski definition) is 1. The molecule has 0 amide bonds. The molecule has 1 aliphatic rings. The monoisotopic (exact) mass is 267 g/mol. The highest BCUT2D eigenvalue weighted by atomic mass is 16.5. The Bertz CT molecular complexity index is 606. The second kappa shape index (κ2) is 5.68. The maximum absolute atomic E-state index is 5.60. The Morgan fingerprint density at radius 1 is 1.20 bits per heavy atom. The van der Waals surface area contributed by atoms with Crippen LogP contribution in [0.3, 0.4) is 0 Å². The van der Waals surface area contributed by atoms with E-state index in [0.29, 0.717) is 0 Å². The predicted molar refractivity (Wildman–Crippen MR) is 82.4 cm³/mol. The number of hydrogen-bond acceptors (Lipinski definition) is 2. The summed E-state index contributed by atoms with van der Waals surface area (Å²) in [5, 5.41) is 3.46. The first kappa shape index (κ1) is 13.2. The minimum Gasteiger partial charge on any atom is -0.493 e. The fraction of sp³-hybridized carbons (Fsp3) is 0.333. The fourth-order valence-corrected chi connectivity index (χ4v) is 3.03. The molecule has 1 atom stereocenters. The molecule has 0 aliphatic carbocycles. The van der Waals surface area contributed by atoms with Crippen molar-refractivity contribution in [2.45, 2.75) is 25.8 Å². The molecule has 0 fully saturated rings. The van der Waals surface area contributed by atoms with E-state index >= 15 is 0 Å². The Morgan fingerprint density at radius 3 is 2.85 bits per heavy atom. The smallest absolute Gasteiger partial charge is 0.122 e. The molecule has 1 N–H and O–H groups in total. The lowest BCUT2D eigenvalue weighted by atomic mass is 9.92. The summed E-state index contributed by atoms with van der Waals surface area (Å²) in [5.74, 6) is 1.05. The molecule has 2 heteroatoms. The summed E-state index contributed by atoms with van der Waals surface area (Å²) in [5.41, 5.74) is 5.43. The number of ether oxygens (including phenoxy) is 1. The lowest BCUT2D eigenvalue weighted by Gasteiger charge is -2.21. The van der Waals surface area contributed by atoms with Crippen LogP contribution >= 0.6 is 0 Å². The van der Waals surface area contributed by atoms with Gasteiger partial charge in [0.15, 0.2) is 0 Å². The summed E-state index contributed by atoms with van der Waals surface area (Å²) in [6, 6.07) is 15.5. The van der Waals surface area contributed by atoms with E-state index in [1.165, 1.54) is 22.3 Å². The van der Waals surface area contributed by atoms with E-state index in [1.54, 1.807) is 0 Å². The Labute approximate surface area is 120 Å². The molecule has 2 nitrogen and oxygen atoms in total. The van der Waals surface area contributed by atoms with Crippen LogP contribution in [-0.4, -0.2) is 13.7 Å². The van der Waals surface area contributed by atoms with Crippen LogP contribution in [0.2, 0.25) is 0 Å². The highest BCUT2D eigenvalue weighted by Gasteiger charge is 2.18. The highest BCUT2D eigenvalue weighted by molar-refractivity contribution is 5.44. The van der Waals surface area contributed by atoms with Crippen molar-refractivity contribution in [1.82, 2.24) is 5.32 Å². The van der Waals surface area contributed by atoms with Crippen LogP contribution in [0, 0.1) is 0 Å². The van der Waals surface area contributed by atoms with E-state index in [2.05, 4.69) is 54.7 Å². The van der Waals surface area contributed by atoms with Crippen LogP contribution in [0.1, 0.15) is 35.2 Å². The Hall–Kier alpha value is -1.80. The van der Waals surface area contributed by atoms with Gasteiger partial charge in [-0.1, -0.05) is 43.3 Å². The third-order valence-electron chi connectivity index (χ3n) is 4.08. The van der Waals surface area contributed by atoms with Gasteiger partial charge in [-0.05, 0) is 41.8 Å². The first-order valence-electron chi connectivity index (χ1n) is 7.34. The van der Waals surface area contributed by atoms with E-state index in [0.717, 1.165) is 25.2 Å². The lowest BCUT2D eigenvalue weighted by molar-refractivity contribution is 0.357. The molecule has 1 unspecified atom stereocenters. The van der Waals surface area contributed by atoms with Gasteiger partial charge in [0.05, 0.1) is 12.6 Å². The largest absolute Gasteiger partial charge is 0.493 e. The van der Waals surface area contributed by atoms with Crippen LogP contribution in [-0.2, 0) is 12.8 Å². The Morgan fingerprint density at radius 2 is 2.05 bits per heavy atom. The third-order valence-corrected chi connectivity index (χ3v) is 4.08. The molecule has 0 radical (unpaired) electrons. The van der Waals surface area contributed by atoms with Crippen LogP contribution in [0.25, 0.3) is 0 Å². The van der Waals surface area contributed by atoms with Crippen molar-refractivity contribution in [3.05, 3.63) is 64.7 Å². The zero-order chi connectivity index (χ0) is 13.9. The first-order valence-corrected chi connectivity index (χ1v) is 7.34. The molecule has 0 saturated heterocycles. The van der Waals surface area contributed by atoms with Gasteiger partial charge in [0.25, 0.3) is 0 Å². The summed E-state index contributed by atoms with van der Waals surface area (Å²) in [6.45, 7) is 3.02. The first-order chi connectivity index (χ1) is 9.83. The van der Waals surface area contributed by atoms with Crippen molar-refractivity contribution in [3.8, 4) is 5.75 Å². The molecule has 2 aromatic carbocycles. The van der Waals surface area contributed by atoms with Crippen LogP contribution < -0.4 is 10.1 Å². The summed E-state index contributed by atoms with van der Waals surface area (Å²) in [7, 11) is 2.03. The molecule has 1 heterocycles. The maximum Gasteiger partial charge on any atom is 0.122 e. The van der Waals surface area contributed by atoms with Gasteiger partial charge in [-0.2, -0.15) is 0 Å². The zero-order valence-corrected chi connectivity index (χ0v) is 12.1. The van der Waals surface area contributed by atoms with E-state index < -0.39 is 0 Å². The topological polar surface area (TPSA) is 21.3 Å². The third kappa shape index (κ3) is 2.32. The van der Waals surface area contributed by atoms with Gasteiger partial charge in [0, 0.05) is 6.42 Å². The van der Waals surface area contributed by atoms with Gasteiger partial charge in [-0.25, -0.2) is 0 Å². The van der Waals surface area contributed by atoms with Gasteiger partial charge < -0.3 is 10.1 Å². The van der Waals surface area contributed by atoms with E-state index in [4.69, 9.17) is 4.74 Å². The van der Waals surface area contributed by atoms with Crippen molar-refractivity contribution in [2.75, 3.05) is 13.7 Å². The predicted octanol–water partition coefficient (Wildman–Crippen LogP) is 3.49. The number of fused-ring (bicyclic) bond motifs is 1. The van der Waals surface area contributed by atoms with Gasteiger partial charge in [-0.3, -0.25) is 0 Å². The van der Waals surface area contributed by atoms with E-state index in [9.17, 15) is 0 Å². The van der Waals surface area contributed by atoms with Crippen LogP contribution in [0.15, 0.2) is 42.5 Å². The molecule has 20 heavy (non-hydrogen) atoms. The number of aryl methyl sites for hydroxylation is 1. The molecule has 0 saturated carbocycles. The van der Waals surface area contributed by atoms with Crippen molar-refractivity contribution < 1.29 is 4.74 Å². The normalized spacial score (nSPS) is 14.7. The molecule has 1 aliphatic heterocycles. The summed E-state index contributed by atoms with van der Waals surface area (Å²) >= 11 is 0. The average Bonchev–Trinajstić information content (AvgIpc) is 2.96. The summed E-state index contributed by atoms with van der Waals surface area (Å²) in [6.07, 6.45) is 2.08. The average molecular weight is 267 g/mol. The molecule has 3 rings (SSSR count). The SMILES string of the molecule is CCc1ccccc1C(NC)c1ccc2c(c1)CCO2. The second-order valence-corrected chi connectivity index (χ2v) is 5.24. The summed E-state index contributed by atoms with van der Waals surface area (Å²) < 4.78 is 5.60. The second-order valence-electron chi connectivity index (χ2n) is 5.24. The summed E-state index contributed by atoms with van der Waals surface area (Å²) in [4.78, 5) is 0. The highest BCUT2D eigenvalue weighted by Crippen LogP contribution is 2.31. The van der Waals surface area contributed by atoms with E-state index in [-0.39, 0.29) is 6.04 Å². The molecule has 104 valence electrons. The molecule has 0 spiro atoms. The van der Waals surface area contributed by atoms with Crippen LogP contribution in [0.4, 0.5) is 0 Å². The van der Waals surface area contributed by atoms with Gasteiger partial charge in [0.2, 0.25) is 0 Å². The minimum absolute atomic E-state index is 0.247. The fourth-order valence-electron chi connectivity index (χ4n) is 3.03. The van der Waals surface area contributed by atoms with Crippen molar-refractivity contribution in [3.63, 3.8) is 0 Å². The number of benzene rings is 2. The van der Waals surface area contributed by atoms with Crippen molar-refractivity contribution >= 4 is 0 Å².